The maximum absolute atomic E-state index is 13.5. The molecule has 40 heavy (non-hydrogen) atoms. The maximum atomic E-state index is 13.5. The van der Waals surface area contributed by atoms with Crippen LogP contribution in [0.2, 0.25) is 0 Å². The van der Waals surface area contributed by atoms with Crippen LogP contribution in [0.15, 0.2) is 72.3 Å². The Morgan fingerprint density at radius 2 is 1.62 bits per heavy atom. The number of aliphatic hydroxyl groups is 1. The van der Waals surface area contributed by atoms with E-state index >= 15 is 0 Å². The Labute approximate surface area is 233 Å². The number of carbonyl (C=O) groups excluding carboxylic acids is 3. The summed E-state index contributed by atoms with van der Waals surface area (Å²) in [5.74, 6) is -2.03. The van der Waals surface area contributed by atoms with Gasteiger partial charge in [-0.1, -0.05) is 51.1 Å². The average molecular weight is 544 g/mol. The molecule has 1 unspecified atom stereocenters. The second-order valence-corrected chi connectivity index (χ2v) is 10.6. The molecule has 1 amide bonds. The number of likely N-dealkylation sites (tertiary alicyclic amines) is 1. The molecule has 0 radical (unpaired) electrons. The van der Waals surface area contributed by atoms with Crippen LogP contribution in [0.3, 0.4) is 0 Å². The molecule has 0 aliphatic carbocycles. The van der Waals surface area contributed by atoms with E-state index in [0.29, 0.717) is 28.0 Å². The fraction of sp³-hybridized carbons (Fsp3) is 0.281. The number of phenolic OH excluding ortho intramolecular Hbond substituents is 1. The van der Waals surface area contributed by atoms with E-state index in [1.807, 2.05) is 26.8 Å². The summed E-state index contributed by atoms with van der Waals surface area (Å²) in [5, 5.41) is 21.5. The molecule has 1 aliphatic rings. The van der Waals surface area contributed by atoms with E-state index in [2.05, 4.69) is 0 Å². The Kier molecular flexibility index (Phi) is 8.00. The van der Waals surface area contributed by atoms with Crippen molar-refractivity contribution in [3.63, 3.8) is 0 Å². The number of esters is 1. The summed E-state index contributed by atoms with van der Waals surface area (Å²) in [7, 11) is 1.47. The summed E-state index contributed by atoms with van der Waals surface area (Å²) in [6.07, 6.45) is 0. The molecule has 0 bridgehead atoms. The highest BCUT2D eigenvalue weighted by atomic mass is 16.5. The lowest BCUT2D eigenvalue weighted by molar-refractivity contribution is -0.140. The zero-order chi connectivity index (χ0) is 29.2. The van der Waals surface area contributed by atoms with E-state index in [1.54, 1.807) is 55.5 Å². The van der Waals surface area contributed by atoms with Gasteiger partial charge in [0.05, 0.1) is 36.5 Å². The Balaban J connectivity index is 1.84. The number of amides is 1. The summed E-state index contributed by atoms with van der Waals surface area (Å²) in [6.45, 7) is 8.10. The highest BCUT2D eigenvalue weighted by Crippen LogP contribution is 2.42. The lowest BCUT2D eigenvalue weighted by Crippen LogP contribution is -2.29. The van der Waals surface area contributed by atoms with Gasteiger partial charge in [0, 0.05) is 6.54 Å². The summed E-state index contributed by atoms with van der Waals surface area (Å²) in [5.41, 5.74) is 2.46. The van der Waals surface area contributed by atoms with Gasteiger partial charge in [0.15, 0.2) is 0 Å². The molecule has 1 saturated heterocycles. The summed E-state index contributed by atoms with van der Waals surface area (Å²) in [4.78, 5) is 40.4. The Hall–Kier alpha value is -4.59. The van der Waals surface area contributed by atoms with E-state index in [-0.39, 0.29) is 35.6 Å². The number of ketones is 1. The molecule has 1 atom stereocenters. The molecule has 0 spiro atoms. The van der Waals surface area contributed by atoms with Crippen LogP contribution in [0.1, 0.15) is 66.3 Å². The van der Waals surface area contributed by atoms with E-state index in [9.17, 15) is 24.6 Å². The predicted octanol–water partition coefficient (Wildman–Crippen LogP) is 5.50. The van der Waals surface area contributed by atoms with E-state index in [0.717, 1.165) is 5.56 Å². The second kappa shape index (κ2) is 11.3. The van der Waals surface area contributed by atoms with Gasteiger partial charge >= 0.3 is 5.97 Å². The third-order valence-corrected chi connectivity index (χ3v) is 6.89. The van der Waals surface area contributed by atoms with Crippen molar-refractivity contribution in [1.82, 2.24) is 4.90 Å². The van der Waals surface area contributed by atoms with Crippen LogP contribution in [-0.2, 0) is 26.3 Å². The second-order valence-electron chi connectivity index (χ2n) is 10.6. The number of methoxy groups -OCH3 is 1. The normalized spacial score (nSPS) is 16.7. The van der Waals surface area contributed by atoms with Gasteiger partial charge in [-0.25, -0.2) is 4.79 Å². The molecule has 4 rings (SSSR count). The molecule has 1 aliphatic heterocycles. The zero-order valence-electron chi connectivity index (χ0n) is 23.2. The van der Waals surface area contributed by atoms with Crippen LogP contribution in [0.5, 0.6) is 11.5 Å². The van der Waals surface area contributed by atoms with E-state index < -0.39 is 23.7 Å². The van der Waals surface area contributed by atoms with Crippen molar-refractivity contribution >= 4 is 23.4 Å². The van der Waals surface area contributed by atoms with Crippen LogP contribution >= 0.6 is 0 Å². The monoisotopic (exact) mass is 543 g/mol. The number of carbonyl (C=O) groups is 3. The van der Waals surface area contributed by atoms with Crippen molar-refractivity contribution in [1.29, 1.82) is 0 Å². The van der Waals surface area contributed by atoms with Crippen LogP contribution in [-0.4, -0.2) is 46.5 Å². The molecule has 1 fully saturated rings. The van der Waals surface area contributed by atoms with Gasteiger partial charge in [0.2, 0.25) is 0 Å². The fourth-order valence-electron chi connectivity index (χ4n) is 4.71. The topological polar surface area (TPSA) is 113 Å². The Morgan fingerprint density at radius 1 is 0.975 bits per heavy atom. The number of benzene rings is 3. The fourth-order valence-corrected chi connectivity index (χ4v) is 4.71. The van der Waals surface area contributed by atoms with E-state index in [4.69, 9.17) is 9.47 Å². The number of hydrogen-bond donors (Lipinski definition) is 2. The number of aromatic hydroxyl groups is 1. The number of phenols is 1. The molecule has 0 aromatic heterocycles. The summed E-state index contributed by atoms with van der Waals surface area (Å²) in [6, 6.07) is 17.2. The molecule has 3 aromatic carbocycles. The zero-order valence-corrected chi connectivity index (χ0v) is 23.2. The average Bonchev–Trinajstić information content (AvgIpc) is 3.17. The van der Waals surface area contributed by atoms with Crippen molar-refractivity contribution in [3.05, 3.63) is 100 Å². The number of rotatable bonds is 7. The van der Waals surface area contributed by atoms with Gasteiger partial charge in [-0.15, -0.1) is 0 Å². The first-order chi connectivity index (χ1) is 19.0. The van der Waals surface area contributed by atoms with Gasteiger partial charge < -0.3 is 24.6 Å². The van der Waals surface area contributed by atoms with Gasteiger partial charge in [-0.3, -0.25) is 9.59 Å². The standard InChI is InChI=1S/C32H33NO7/c1-6-40-31(38)21-9-7-19(8-10-21)18-33-27(20-11-14-23(34)15-12-20)26(29(36)30(33)37)28(35)24-17-22(32(2,3)4)13-16-25(24)39-5/h7-17,27,34-35H,6,18H2,1-5H3/b28-26+. The SMILES string of the molecule is CCOC(=O)c1ccc(CN2C(=O)C(=O)/C(=C(/O)c3cc(C(C)(C)C)ccc3OC)C2c2ccc(O)cc2)cc1. The minimum Gasteiger partial charge on any atom is -0.508 e. The first kappa shape index (κ1) is 28.4. The number of nitrogens with zero attached hydrogens (tertiary/aromatic N) is 1. The molecule has 8 nitrogen and oxygen atoms in total. The number of ether oxygens (including phenoxy) is 2. The first-order valence-corrected chi connectivity index (χ1v) is 13.0. The van der Waals surface area contributed by atoms with Crippen LogP contribution < -0.4 is 4.74 Å². The van der Waals surface area contributed by atoms with Crippen molar-refractivity contribution < 1.29 is 34.1 Å². The lowest BCUT2D eigenvalue weighted by Gasteiger charge is -2.26. The number of aliphatic hydroxyl groups excluding tert-OH is 1. The number of hydrogen-bond acceptors (Lipinski definition) is 7. The van der Waals surface area contributed by atoms with E-state index in [1.165, 1.54) is 24.1 Å². The van der Waals surface area contributed by atoms with Gasteiger partial charge in [-0.05, 0) is 65.4 Å². The van der Waals surface area contributed by atoms with Crippen molar-refractivity contribution in [2.24, 2.45) is 0 Å². The predicted molar refractivity (Wildman–Crippen MR) is 150 cm³/mol. The smallest absolute Gasteiger partial charge is 0.338 e. The molecule has 3 aromatic rings. The summed E-state index contributed by atoms with van der Waals surface area (Å²) < 4.78 is 10.5. The molecule has 208 valence electrons. The van der Waals surface area contributed by atoms with Crippen molar-refractivity contribution in [2.45, 2.75) is 45.7 Å². The van der Waals surface area contributed by atoms with Crippen molar-refractivity contribution in [2.75, 3.05) is 13.7 Å². The number of Topliss-reactive ketones (excluding diaryl/α,β-unsaturated/α-hetero) is 1. The molecule has 8 heteroatoms. The molecule has 2 N–H and O–H groups in total. The quantitative estimate of drug-likeness (QED) is 0.175. The van der Waals surface area contributed by atoms with Gasteiger partial charge in [0.1, 0.15) is 17.3 Å². The summed E-state index contributed by atoms with van der Waals surface area (Å²) >= 11 is 0. The third kappa shape index (κ3) is 5.57. The van der Waals surface area contributed by atoms with Crippen LogP contribution in [0, 0.1) is 0 Å². The maximum Gasteiger partial charge on any atom is 0.338 e. The van der Waals surface area contributed by atoms with Crippen LogP contribution in [0.25, 0.3) is 5.76 Å². The minimum absolute atomic E-state index is 0.0230. The minimum atomic E-state index is -0.937. The molecule has 0 saturated carbocycles. The van der Waals surface area contributed by atoms with Crippen LogP contribution in [0.4, 0.5) is 0 Å². The largest absolute Gasteiger partial charge is 0.508 e. The Morgan fingerprint density at radius 3 is 2.20 bits per heavy atom. The third-order valence-electron chi connectivity index (χ3n) is 6.89. The molecular weight excluding hydrogens is 510 g/mol. The highest BCUT2D eigenvalue weighted by molar-refractivity contribution is 6.46. The van der Waals surface area contributed by atoms with Gasteiger partial charge in [0.25, 0.3) is 11.7 Å². The molecular formula is C32H33NO7. The Bertz CT molecular complexity index is 1460. The lowest BCUT2D eigenvalue weighted by atomic mass is 9.85. The first-order valence-electron chi connectivity index (χ1n) is 13.0. The van der Waals surface area contributed by atoms with Gasteiger partial charge in [-0.2, -0.15) is 0 Å². The highest BCUT2D eigenvalue weighted by Gasteiger charge is 2.46. The molecule has 1 heterocycles. The van der Waals surface area contributed by atoms with Crippen molar-refractivity contribution in [3.8, 4) is 11.5 Å².